The molecule has 0 unspecified atom stereocenters. The summed E-state index contributed by atoms with van der Waals surface area (Å²) in [6.45, 7) is 4.76. The Morgan fingerprint density at radius 1 is 0.963 bits per heavy atom. The number of pyridine rings is 2. The van der Waals surface area contributed by atoms with E-state index in [0.29, 0.717) is 18.0 Å². The predicted molar refractivity (Wildman–Crippen MR) is 107 cm³/mol. The lowest BCUT2D eigenvalue weighted by atomic mass is 10.0. The van der Waals surface area contributed by atoms with Gasteiger partial charge in [-0.3, -0.25) is 14.8 Å². The molecule has 0 atom stereocenters. The van der Waals surface area contributed by atoms with Crippen LogP contribution in [0.1, 0.15) is 31.0 Å². The Morgan fingerprint density at radius 3 is 2.67 bits per heavy atom. The molecule has 0 aliphatic heterocycles. The fourth-order valence-electron chi connectivity index (χ4n) is 3.16. The van der Waals surface area contributed by atoms with Crippen LogP contribution in [-0.2, 0) is 6.54 Å². The van der Waals surface area contributed by atoms with Gasteiger partial charge in [0, 0.05) is 18.1 Å². The molecule has 4 rings (SSSR count). The molecule has 0 saturated carbocycles. The molecule has 0 spiro atoms. The summed E-state index contributed by atoms with van der Waals surface area (Å²) in [6, 6.07) is 14.2. The van der Waals surface area contributed by atoms with E-state index in [9.17, 15) is 4.79 Å². The third-order valence-corrected chi connectivity index (χ3v) is 4.62. The van der Waals surface area contributed by atoms with E-state index in [1.54, 1.807) is 17.0 Å². The minimum atomic E-state index is -0.120. The van der Waals surface area contributed by atoms with Crippen molar-refractivity contribution in [3.63, 3.8) is 0 Å². The van der Waals surface area contributed by atoms with Crippen LogP contribution in [0, 0.1) is 0 Å². The zero-order valence-corrected chi connectivity index (χ0v) is 15.3. The molecule has 5 nitrogen and oxygen atoms in total. The highest BCUT2D eigenvalue weighted by atomic mass is 16.1. The smallest absolute Gasteiger partial charge is 0.269 e. The van der Waals surface area contributed by atoms with Gasteiger partial charge in [0.2, 0.25) is 0 Å². The SMILES string of the molecule is CC(C)c1cc(-c2cccc(Cn3c(=O)cnc4cnccc43)c2)ccn1. The van der Waals surface area contributed by atoms with Crippen LogP contribution in [0.15, 0.2) is 72.0 Å². The van der Waals surface area contributed by atoms with Crippen LogP contribution in [0.4, 0.5) is 0 Å². The van der Waals surface area contributed by atoms with E-state index in [-0.39, 0.29) is 5.56 Å². The predicted octanol–water partition coefficient (Wildman–Crippen LogP) is 4.03. The minimum Gasteiger partial charge on any atom is -0.301 e. The van der Waals surface area contributed by atoms with Gasteiger partial charge in [-0.25, -0.2) is 4.98 Å². The van der Waals surface area contributed by atoms with E-state index in [2.05, 4.69) is 47.0 Å². The van der Waals surface area contributed by atoms with Crippen molar-refractivity contribution >= 4 is 11.0 Å². The molecule has 27 heavy (non-hydrogen) atoms. The van der Waals surface area contributed by atoms with Gasteiger partial charge in [-0.2, -0.15) is 0 Å². The lowest BCUT2D eigenvalue weighted by molar-refractivity contribution is 0.786. The van der Waals surface area contributed by atoms with E-state index in [0.717, 1.165) is 27.9 Å². The molecule has 0 fully saturated rings. The summed E-state index contributed by atoms with van der Waals surface area (Å²) in [5.41, 5.74) is 5.75. The van der Waals surface area contributed by atoms with Crippen molar-refractivity contribution < 1.29 is 0 Å². The van der Waals surface area contributed by atoms with Crippen LogP contribution in [-0.4, -0.2) is 19.5 Å². The van der Waals surface area contributed by atoms with Gasteiger partial charge < -0.3 is 4.57 Å². The topological polar surface area (TPSA) is 60.7 Å². The van der Waals surface area contributed by atoms with Crippen LogP contribution < -0.4 is 5.56 Å². The monoisotopic (exact) mass is 356 g/mol. The van der Waals surface area contributed by atoms with E-state index in [1.165, 1.54) is 6.20 Å². The third-order valence-electron chi connectivity index (χ3n) is 4.62. The largest absolute Gasteiger partial charge is 0.301 e. The van der Waals surface area contributed by atoms with E-state index >= 15 is 0 Å². The number of rotatable bonds is 4. The van der Waals surface area contributed by atoms with Crippen LogP contribution in [0.25, 0.3) is 22.2 Å². The van der Waals surface area contributed by atoms with Gasteiger partial charge in [0.25, 0.3) is 5.56 Å². The van der Waals surface area contributed by atoms with Crippen LogP contribution in [0.3, 0.4) is 0 Å². The number of benzene rings is 1. The molecule has 134 valence electrons. The summed E-state index contributed by atoms with van der Waals surface area (Å²) in [5, 5.41) is 0. The summed E-state index contributed by atoms with van der Waals surface area (Å²) < 4.78 is 1.73. The van der Waals surface area contributed by atoms with Crippen LogP contribution in [0.5, 0.6) is 0 Å². The van der Waals surface area contributed by atoms with Crippen molar-refractivity contribution in [2.75, 3.05) is 0 Å². The molecule has 0 bridgehead atoms. The maximum Gasteiger partial charge on any atom is 0.269 e. The second-order valence-electron chi connectivity index (χ2n) is 6.87. The summed E-state index contributed by atoms with van der Waals surface area (Å²) in [7, 11) is 0. The van der Waals surface area contributed by atoms with E-state index < -0.39 is 0 Å². The molecular weight excluding hydrogens is 336 g/mol. The molecule has 5 heteroatoms. The molecule has 0 aliphatic rings. The van der Waals surface area contributed by atoms with Gasteiger partial charge in [-0.1, -0.05) is 32.0 Å². The van der Waals surface area contributed by atoms with Crippen molar-refractivity contribution in [2.24, 2.45) is 0 Å². The van der Waals surface area contributed by atoms with Gasteiger partial charge in [0.05, 0.1) is 24.5 Å². The molecule has 3 aromatic heterocycles. The maximum absolute atomic E-state index is 12.4. The van der Waals surface area contributed by atoms with Crippen molar-refractivity contribution in [1.29, 1.82) is 0 Å². The van der Waals surface area contributed by atoms with Gasteiger partial charge in [0.1, 0.15) is 5.52 Å². The quantitative estimate of drug-likeness (QED) is 0.554. The van der Waals surface area contributed by atoms with Gasteiger partial charge >= 0.3 is 0 Å². The van der Waals surface area contributed by atoms with E-state index in [4.69, 9.17) is 0 Å². The number of hydrogen-bond acceptors (Lipinski definition) is 4. The molecule has 0 aliphatic carbocycles. The number of aromatic nitrogens is 4. The van der Waals surface area contributed by atoms with Crippen LogP contribution >= 0.6 is 0 Å². The first-order valence-electron chi connectivity index (χ1n) is 8.96. The number of fused-ring (bicyclic) bond motifs is 1. The lowest BCUT2D eigenvalue weighted by Crippen LogP contribution is -2.21. The Labute approximate surface area is 157 Å². The van der Waals surface area contributed by atoms with Crippen molar-refractivity contribution in [3.8, 4) is 11.1 Å². The molecule has 0 amide bonds. The standard InChI is InChI=1S/C22H20N4O/c1-15(2)19-11-18(6-9-24-19)17-5-3-4-16(10-17)14-26-21-7-8-23-12-20(21)25-13-22(26)27/h3-13,15H,14H2,1-2H3. The highest BCUT2D eigenvalue weighted by molar-refractivity contribution is 5.73. The number of nitrogens with zero attached hydrogens (tertiary/aromatic N) is 4. The Hall–Kier alpha value is -3.34. The fourth-order valence-corrected chi connectivity index (χ4v) is 3.16. The highest BCUT2D eigenvalue weighted by Gasteiger charge is 2.08. The van der Waals surface area contributed by atoms with Crippen molar-refractivity contribution in [1.82, 2.24) is 19.5 Å². The van der Waals surface area contributed by atoms with Gasteiger partial charge in [-0.15, -0.1) is 0 Å². The normalized spacial score (nSPS) is 11.2. The lowest BCUT2D eigenvalue weighted by Gasteiger charge is -2.11. The Kier molecular flexibility index (Phi) is 4.50. The molecule has 4 aromatic rings. The van der Waals surface area contributed by atoms with Gasteiger partial charge in [-0.05, 0) is 46.9 Å². The summed E-state index contributed by atoms with van der Waals surface area (Å²) in [4.78, 5) is 25.1. The molecule has 0 saturated heterocycles. The minimum absolute atomic E-state index is 0.120. The Bertz CT molecular complexity index is 1160. The second-order valence-corrected chi connectivity index (χ2v) is 6.87. The Morgan fingerprint density at radius 2 is 1.81 bits per heavy atom. The van der Waals surface area contributed by atoms with E-state index in [1.807, 2.05) is 30.5 Å². The first kappa shape index (κ1) is 17.1. The van der Waals surface area contributed by atoms with Gasteiger partial charge in [0.15, 0.2) is 0 Å². The summed E-state index contributed by atoms with van der Waals surface area (Å²) in [5.74, 6) is 0.378. The summed E-state index contributed by atoms with van der Waals surface area (Å²) in [6.07, 6.45) is 6.56. The van der Waals surface area contributed by atoms with Crippen molar-refractivity contribution in [3.05, 3.63) is 88.9 Å². The third kappa shape index (κ3) is 3.49. The Balaban J connectivity index is 1.73. The average molecular weight is 356 g/mol. The molecule has 0 radical (unpaired) electrons. The average Bonchev–Trinajstić information content (AvgIpc) is 2.70. The fraction of sp³-hybridized carbons (Fsp3) is 0.182. The zero-order valence-electron chi connectivity index (χ0n) is 15.3. The zero-order chi connectivity index (χ0) is 18.8. The molecule has 1 aromatic carbocycles. The second kappa shape index (κ2) is 7.11. The van der Waals surface area contributed by atoms with Crippen molar-refractivity contribution in [2.45, 2.75) is 26.3 Å². The number of hydrogen-bond donors (Lipinski definition) is 0. The maximum atomic E-state index is 12.4. The first-order valence-corrected chi connectivity index (χ1v) is 8.96. The summed E-state index contributed by atoms with van der Waals surface area (Å²) >= 11 is 0. The first-order chi connectivity index (χ1) is 13.1. The highest BCUT2D eigenvalue weighted by Crippen LogP contribution is 2.23. The molecule has 3 heterocycles. The molecular formula is C22H20N4O. The molecule has 0 N–H and O–H groups in total. The van der Waals surface area contributed by atoms with Crippen LogP contribution in [0.2, 0.25) is 0 Å².